The molecule has 1 heterocycles. The van der Waals surface area contributed by atoms with Crippen LogP contribution in [0.4, 0.5) is 0 Å². The first kappa shape index (κ1) is 13.9. The second-order valence-electron chi connectivity index (χ2n) is 4.83. The van der Waals surface area contributed by atoms with Gasteiger partial charge < -0.3 is 0 Å². The molecule has 0 aliphatic carbocycles. The SMILES string of the molecule is ClCC(Cc1csc2ccccc12)c1ccccc1Cl. The molecule has 2 aromatic carbocycles. The van der Waals surface area contributed by atoms with Gasteiger partial charge in [0.05, 0.1) is 0 Å². The van der Waals surface area contributed by atoms with Gasteiger partial charge in [0.25, 0.3) is 0 Å². The Kier molecular flexibility index (Phi) is 4.30. The van der Waals surface area contributed by atoms with E-state index in [1.807, 2.05) is 18.2 Å². The van der Waals surface area contributed by atoms with Crippen LogP contribution in [-0.4, -0.2) is 5.88 Å². The summed E-state index contributed by atoms with van der Waals surface area (Å²) in [5, 5.41) is 4.37. The summed E-state index contributed by atoms with van der Waals surface area (Å²) in [4.78, 5) is 0. The van der Waals surface area contributed by atoms with Crippen LogP contribution >= 0.6 is 34.5 Å². The number of hydrogen-bond donors (Lipinski definition) is 0. The third-order valence-electron chi connectivity index (χ3n) is 3.56. The fourth-order valence-electron chi connectivity index (χ4n) is 2.51. The fraction of sp³-hybridized carbons (Fsp3) is 0.176. The molecule has 0 aliphatic rings. The molecule has 0 nitrogen and oxygen atoms in total. The number of benzene rings is 2. The van der Waals surface area contributed by atoms with Gasteiger partial charge >= 0.3 is 0 Å². The predicted octanol–water partition coefficient (Wildman–Crippen LogP) is 6.12. The van der Waals surface area contributed by atoms with Crippen LogP contribution in [0.25, 0.3) is 10.1 Å². The van der Waals surface area contributed by atoms with Crippen LogP contribution in [0.3, 0.4) is 0 Å². The molecule has 0 spiro atoms. The first-order valence-corrected chi connectivity index (χ1v) is 8.34. The lowest BCUT2D eigenvalue weighted by atomic mass is 9.93. The van der Waals surface area contributed by atoms with E-state index in [1.54, 1.807) is 11.3 Å². The monoisotopic (exact) mass is 320 g/mol. The average molecular weight is 321 g/mol. The van der Waals surface area contributed by atoms with Crippen LogP contribution in [0.5, 0.6) is 0 Å². The van der Waals surface area contributed by atoms with Crippen molar-refractivity contribution in [2.45, 2.75) is 12.3 Å². The normalized spacial score (nSPS) is 12.7. The lowest BCUT2D eigenvalue weighted by Crippen LogP contribution is -2.05. The van der Waals surface area contributed by atoms with Gasteiger partial charge in [0.2, 0.25) is 0 Å². The third kappa shape index (κ3) is 2.71. The zero-order chi connectivity index (χ0) is 13.9. The van der Waals surface area contributed by atoms with E-state index in [2.05, 4.69) is 35.7 Å². The summed E-state index contributed by atoms with van der Waals surface area (Å²) in [7, 11) is 0. The van der Waals surface area contributed by atoms with Crippen molar-refractivity contribution < 1.29 is 0 Å². The Labute approximate surface area is 133 Å². The summed E-state index contributed by atoms with van der Waals surface area (Å²) in [6.45, 7) is 0. The van der Waals surface area contributed by atoms with Crippen molar-refractivity contribution in [1.82, 2.24) is 0 Å². The Bertz CT molecular complexity index is 718. The largest absolute Gasteiger partial charge is 0.144 e. The fourth-order valence-corrected chi connectivity index (χ4v) is 4.05. The van der Waals surface area contributed by atoms with E-state index in [1.165, 1.54) is 15.6 Å². The smallest absolute Gasteiger partial charge is 0.0441 e. The summed E-state index contributed by atoms with van der Waals surface area (Å²) in [6.07, 6.45) is 0.928. The molecule has 1 atom stereocenters. The summed E-state index contributed by atoms with van der Waals surface area (Å²) in [5.74, 6) is 0.830. The molecule has 20 heavy (non-hydrogen) atoms. The number of halogens is 2. The molecule has 0 bridgehead atoms. The minimum absolute atomic E-state index is 0.253. The third-order valence-corrected chi connectivity index (χ3v) is 5.29. The second kappa shape index (κ2) is 6.17. The highest BCUT2D eigenvalue weighted by atomic mass is 35.5. The van der Waals surface area contributed by atoms with Gasteiger partial charge in [0.1, 0.15) is 0 Å². The molecule has 102 valence electrons. The molecular formula is C17H14Cl2S. The maximum absolute atomic E-state index is 6.30. The molecule has 3 heteroatoms. The number of fused-ring (bicyclic) bond motifs is 1. The Balaban J connectivity index is 1.94. The lowest BCUT2D eigenvalue weighted by Gasteiger charge is -2.15. The summed E-state index contributed by atoms with van der Waals surface area (Å²) in [6, 6.07) is 16.5. The summed E-state index contributed by atoms with van der Waals surface area (Å²) in [5.41, 5.74) is 2.50. The van der Waals surface area contributed by atoms with Crippen molar-refractivity contribution in [3.63, 3.8) is 0 Å². The predicted molar refractivity (Wildman–Crippen MR) is 90.4 cm³/mol. The topological polar surface area (TPSA) is 0 Å². The molecule has 0 radical (unpaired) electrons. The standard InChI is InChI=1S/C17H14Cl2S/c18-10-12(14-5-1-3-7-16(14)19)9-13-11-20-17-8-4-2-6-15(13)17/h1-8,11-12H,9-10H2. The van der Waals surface area contributed by atoms with Gasteiger partial charge in [0.15, 0.2) is 0 Å². The van der Waals surface area contributed by atoms with Crippen LogP contribution in [0.15, 0.2) is 53.9 Å². The number of thiophene rings is 1. The molecule has 0 saturated carbocycles. The van der Waals surface area contributed by atoms with E-state index >= 15 is 0 Å². The highest BCUT2D eigenvalue weighted by Gasteiger charge is 2.16. The molecule has 3 rings (SSSR count). The van der Waals surface area contributed by atoms with Gasteiger partial charge in [-0.1, -0.05) is 48.0 Å². The maximum atomic E-state index is 6.30. The van der Waals surface area contributed by atoms with Crippen LogP contribution < -0.4 is 0 Å². The zero-order valence-corrected chi connectivity index (χ0v) is 13.2. The molecule has 0 aliphatic heterocycles. The first-order valence-electron chi connectivity index (χ1n) is 6.55. The summed E-state index contributed by atoms with van der Waals surface area (Å²) < 4.78 is 1.33. The van der Waals surface area contributed by atoms with Crippen molar-refractivity contribution in [2.24, 2.45) is 0 Å². The Hall–Kier alpha value is -1.02. The Morgan fingerprint density at radius 3 is 2.55 bits per heavy atom. The first-order chi connectivity index (χ1) is 9.79. The van der Waals surface area contributed by atoms with Crippen molar-refractivity contribution in [1.29, 1.82) is 0 Å². The van der Waals surface area contributed by atoms with Crippen molar-refractivity contribution in [3.05, 3.63) is 70.1 Å². The van der Waals surface area contributed by atoms with Crippen molar-refractivity contribution >= 4 is 44.6 Å². The molecule has 0 amide bonds. The Morgan fingerprint density at radius 1 is 1.00 bits per heavy atom. The van der Waals surface area contributed by atoms with Crippen molar-refractivity contribution in [3.8, 4) is 0 Å². The van der Waals surface area contributed by atoms with Gasteiger partial charge in [-0.2, -0.15) is 0 Å². The van der Waals surface area contributed by atoms with Crippen LogP contribution in [0, 0.1) is 0 Å². The molecule has 1 aromatic heterocycles. The van der Waals surface area contributed by atoms with Gasteiger partial charge in [0, 0.05) is 21.5 Å². The number of alkyl halides is 1. The molecular weight excluding hydrogens is 307 g/mol. The lowest BCUT2D eigenvalue weighted by molar-refractivity contribution is 0.772. The quantitative estimate of drug-likeness (QED) is 0.508. The van der Waals surface area contributed by atoms with Crippen LogP contribution in [-0.2, 0) is 6.42 Å². The van der Waals surface area contributed by atoms with Gasteiger partial charge in [-0.3, -0.25) is 0 Å². The van der Waals surface area contributed by atoms with E-state index < -0.39 is 0 Å². The molecule has 0 saturated heterocycles. The van der Waals surface area contributed by atoms with Gasteiger partial charge in [-0.15, -0.1) is 22.9 Å². The minimum atomic E-state index is 0.253. The number of rotatable bonds is 4. The zero-order valence-electron chi connectivity index (χ0n) is 10.9. The molecule has 0 N–H and O–H groups in total. The van der Waals surface area contributed by atoms with Crippen molar-refractivity contribution in [2.75, 3.05) is 5.88 Å². The highest BCUT2D eigenvalue weighted by molar-refractivity contribution is 7.17. The number of hydrogen-bond acceptors (Lipinski definition) is 1. The van der Waals surface area contributed by atoms with E-state index in [0.29, 0.717) is 5.88 Å². The highest BCUT2D eigenvalue weighted by Crippen LogP contribution is 2.33. The average Bonchev–Trinajstić information content (AvgIpc) is 2.89. The minimum Gasteiger partial charge on any atom is -0.144 e. The van der Waals surface area contributed by atoms with Gasteiger partial charge in [-0.25, -0.2) is 0 Å². The van der Waals surface area contributed by atoms with E-state index in [9.17, 15) is 0 Å². The van der Waals surface area contributed by atoms with E-state index in [-0.39, 0.29) is 5.92 Å². The maximum Gasteiger partial charge on any atom is 0.0441 e. The molecule has 0 fully saturated rings. The van der Waals surface area contributed by atoms with Crippen LogP contribution in [0.2, 0.25) is 5.02 Å². The van der Waals surface area contributed by atoms with Crippen LogP contribution in [0.1, 0.15) is 17.0 Å². The molecule has 3 aromatic rings. The Morgan fingerprint density at radius 2 is 1.75 bits per heavy atom. The van der Waals surface area contributed by atoms with E-state index in [0.717, 1.165) is 17.0 Å². The summed E-state index contributed by atoms with van der Waals surface area (Å²) >= 11 is 14.3. The second-order valence-corrected chi connectivity index (χ2v) is 6.46. The molecule has 1 unspecified atom stereocenters. The van der Waals surface area contributed by atoms with Gasteiger partial charge in [-0.05, 0) is 40.4 Å². The van der Waals surface area contributed by atoms with E-state index in [4.69, 9.17) is 23.2 Å².